The monoisotopic (exact) mass is 123 g/mol. The van der Waals surface area contributed by atoms with Gasteiger partial charge in [-0.05, 0) is 20.8 Å². The number of nitrogens with zero attached hydrogens (tertiary/aromatic N) is 2. The van der Waals surface area contributed by atoms with Gasteiger partial charge in [-0.15, -0.1) is 0 Å². The van der Waals surface area contributed by atoms with Crippen LogP contribution < -0.4 is 0 Å². The number of hydrogen-bond acceptors (Lipinski definition) is 2. The Kier molecular flexibility index (Phi) is 1.47. The standard InChI is InChI=1S/C7H10N2/c1-5-4-8-6(2)7(3)9-5/h4H,1-3H3/i8+1. The summed E-state index contributed by atoms with van der Waals surface area (Å²) in [6, 6.07) is 0. The Morgan fingerprint density at radius 3 is 2.22 bits per heavy atom. The van der Waals surface area contributed by atoms with Crippen LogP contribution >= 0.6 is 0 Å². The Balaban J connectivity index is 3.17. The lowest BCUT2D eigenvalue weighted by atomic mass is 10.3. The first-order valence-corrected chi connectivity index (χ1v) is 2.97. The van der Waals surface area contributed by atoms with Crippen LogP contribution in [-0.2, 0) is 0 Å². The first kappa shape index (κ1) is 6.20. The predicted molar refractivity (Wildman–Crippen MR) is 36.2 cm³/mol. The molecule has 0 unspecified atom stereocenters. The van der Waals surface area contributed by atoms with E-state index in [1.807, 2.05) is 20.8 Å². The Bertz CT molecular complexity index is 218. The number of hydrogen-bond donors (Lipinski definition) is 0. The summed E-state index contributed by atoms with van der Waals surface area (Å²) in [5.41, 5.74) is 3.02. The van der Waals surface area contributed by atoms with Gasteiger partial charge in [0.15, 0.2) is 0 Å². The van der Waals surface area contributed by atoms with Crippen molar-refractivity contribution in [1.29, 1.82) is 0 Å². The van der Waals surface area contributed by atoms with Gasteiger partial charge < -0.3 is 0 Å². The molecule has 1 aromatic heterocycles. The summed E-state index contributed by atoms with van der Waals surface area (Å²) in [7, 11) is 0. The van der Waals surface area contributed by atoms with Gasteiger partial charge >= 0.3 is 0 Å². The fourth-order valence-electron chi connectivity index (χ4n) is 0.658. The van der Waals surface area contributed by atoms with E-state index in [2.05, 4.69) is 9.97 Å². The number of aryl methyl sites for hydroxylation is 3. The summed E-state index contributed by atoms with van der Waals surface area (Å²) in [6.07, 6.45) is 1.78. The van der Waals surface area contributed by atoms with Crippen LogP contribution in [0.3, 0.4) is 0 Å². The zero-order chi connectivity index (χ0) is 6.85. The van der Waals surface area contributed by atoms with Crippen molar-refractivity contribution >= 4 is 0 Å². The van der Waals surface area contributed by atoms with Crippen LogP contribution in [0.4, 0.5) is 0 Å². The van der Waals surface area contributed by atoms with Crippen LogP contribution in [-0.4, -0.2) is 9.97 Å². The summed E-state index contributed by atoms with van der Waals surface area (Å²) in [4.78, 5) is 8.33. The zero-order valence-corrected chi connectivity index (χ0v) is 5.97. The van der Waals surface area contributed by atoms with Crippen molar-refractivity contribution in [1.82, 2.24) is 9.97 Å². The highest BCUT2D eigenvalue weighted by Crippen LogP contribution is 1.98. The van der Waals surface area contributed by atoms with Crippen LogP contribution in [0.25, 0.3) is 0 Å². The van der Waals surface area contributed by atoms with Gasteiger partial charge in [0.1, 0.15) is 0 Å². The minimum Gasteiger partial charge on any atom is -0.258 e. The number of rotatable bonds is 0. The molecule has 0 atom stereocenters. The smallest absolute Gasteiger partial charge is 0.0588 e. The molecule has 0 N–H and O–H groups in total. The van der Waals surface area contributed by atoms with Crippen molar-refractivity contribution in [3.05, 3.63) is 23.3 Å². The van der Waals surface area contributed by atoms with Gasteiger partial charge in [-0.3, -0.25) is 9.97 Å². The van der Waals surface area contributed by atoms with Crippen LogP contribution in [0.5, 0.6) is 0 Å². The molecule has 1 rings (SSSR count). The first-order chi connectivity index (χ1) is 4.20. The van der Waals surface area contributed by atoms with E-state index in [4.69, 9.17) is 0 Å². The molecule has 0 amide bonds. The molecule has 0 saturated carbocycles. The van der Waals surface area contributed by atoms with E-state index in [0.717, 1.165) is 17.1 Å². The second-order valence-corrected chi connectivity index (χ2v) is 2.18. The Morgan fingerprint density at radius 2 is 1.78 bits per heavy atom. The summed E-state index contributed by atoms with van der Waals surface area (Å²) in [6.45, 7) is 5.87. The van der Waals surface area contributed by atoms with Gasteiger partial charge in [0.05, 0.1) is 17.1 Å². The third kappa shape index (κ3) is 1.25. The molecule has 0 spiro atoms. The van der Waals surface area contributed by atoms with Crippen LogP contribution in [0.1, 0.15) is 17.1 Å². The fraction of sp³-hybridized carbons (Fsp3) is 0.429. The second kappa shape index (κ2) is 2.13. The van der Waals surface area contributed by atoms with E-state index in [1.54, 1.807) is 6.20 Å². The maximum Gasteiger partial charge on any atom is 0.0588 e. The molecule has 1 heterocycles. The van der Waals surface area contributed by atoms with Gasteiger partial charge in [0.2, 0.25) is 0 Å². The molecule has 0 fully saturated rings. The third-order valence-corrected chi connectivity index (χ3v) is 1.31. The van der Waals surface area contributed by atoms with Crippen molar-refractivity contribution in [2.45, 2.75) is 20.8 Å². The molecule has 0 bridgehead atoms. The maximum absolute atomic E-state index is 4.21. The van der Waals surface area contributed by atoms with Crippen LogP contribution in [0.2, 0.25) is 0 Å². The van der Waals surface area contributed by atoms with Crippen molar-refractivity contribution < 1.29 is 0 Å². The Morgan fingerprint density at radius 1 is 1.11 bits per heavy atom. The van der Waals surface area contributed by atoms with E-state index in [9.17, 15) is 0 Å². The molecule has 2 heteroatoms. The second-order valence-electron chi connectivity index (χ2n) is 2.18. The van der Waals surface area contributed by atoms with Gasteiger partial charge in [0.25, 0.3) is 0 Å². The molecule has 9 heavy (non-hydrogen) atoms. The van der Waals surface area contributed by atoms with Gasteiger partial charge in [-0.1, -0.05) is 0 Å². The van der Waals surface area contributed by atoms with E-state index >= 15 is 0 Å². The van der Waals surface area contributed by atoms with Gasteiger partial charge in [0, 0.05) is 6.20 Å². The van der Waals surface area contributed by atoms with E-state index in [0.29, 0.717) is 0 Å². The third-order valence-electron chi connectivity index (χ3n) is 1.31. The molecule has 1 aromatic rings. The van der Waals surface area contributed by atoms with Crippen LogP contribution in [0, 0.1) is 20.8 Å². The topological polar surface area (TPSA) is 25.8 Å². The Labute approximate surface area is 55.0 Å². The summed E-state index contributed by atoms with van der Waals surface area (Å²) in [5.74, 6) is 0. The van der Waals surface area contributed by atoms with Gasteiger partial charge in [-0.2, -0.15) is 0 Å². The van der Waals surface area contributed by atoms with Crippen molar-refractivity contribution in [3.8, 4) is 0 Å². The highest BCUT2D eigenvalue weighted by Gasteiger charge is 1.92. The predicted octanol–water partition coefficient (Wildman–Crippen LogP) is 1.40. The van der Waals surface area contributed by atoms with Gasteiger partial charge in [-0.25, -0.2) is 0 Å². The molecular weight excluding hydrogens is 113 g/mol. The quantitative estimate of drug-likeness (QED) is 0.521. The molecule has 0 aliphatic carbocycles. The van der Waals surface area contributed by atoms with E-state index in [-0.39, 0.29) is 0 Å². The first-order valence-electron chi connectivity index (χ1n) is 2.97. The summed E-state index contributed by atoms with van der Waals surface area (Å²) >= 11 is 0. The lowest BCUT2D eigenvalue weighted by Crippen LogP contribution is -1.92. The Hall–Kier alpha value is -0.920. The van der Waals surface area contributed by atoms with Crippen molar-refractivity contribution in [3.63, 3.8) is 0 Å². The average molecular weight is 123 g/mol. The SMILES string of the molecule is Cc1c[15n]c(C)c(C)n1. The van der Waals surface area contributed by atoms with E-state index in [1.165, 1.54) is 0 Å². The molecule has 0 aliphatic rings. The van der Waals surface area contributed by atoms with Crippen LogP contribution in [0.15, 0.2) is 6.20 Å². The molecule has 0 aliphatic heterocycles. The average Bonchev–Trinajstić information content (AvgIpc) is 1.80. The minimum absolute atomic E-state index is 0.984. The highest BCUT2D eigenvalue weighted by molar-refractivity contribution is 5.09. The number of aromatic nitrogens is 2. The molecule has 0 saturated heterocycles. The van der Waals surface area contributed by atoms with Crippen molar-refractivity contribution in [2.24, 2.45) is 0 Å². The van der Waals surface area contributed by atoms with E-state index < -0.39 is 0 Å². The summed E-state index contributed by atoms with van der Waals surface area (Å²) in [5, 5.41) is 0. The maximum atomic E-state index is 4.21. The molecule has 0 aromatic carbocycles. The highest BCUT2D eigenvalue weighted by atomic mass is 15.4. The summed E-state index contributed by atoms with van der Waals surface area (Å²) < 4.78 is 0. The largest absolute Gasteiger partial charge is 0.258 e. The lowest BCUT2D eigenvalue weighted by Gasteiger charge is -1.96. The van der Waals surface area contributed by atoms with Crippen molar-refractivity contribution in [2.75, 3.05) is 0 Å². The molecular formula is C7H10N2. The minimum atomic E-state index is 0.984. The fourth-order valence-corrected chi connectivity index (χ4v) is 0.658. The molecule has 0 radical (unpaired) electrons. The zero-order valence-electron chi connectivity index (χ0n) is 5.97. The molecule has 48 valence electrons. The lowest BCUT2D eigenvalue weighted by molar-refractivity contribution is 1.00. The molecule has 2 nitrogen and oxygen atoms in total. The normalized spacial score (nSPS) is 9.67.